The third-order valence-electron chi connectivity index (χ3n) is 2.45. The first-order chi connectivity index (χ1) is 9.10. The molecule has 0 fully saturated rings. The number of carboxylic acid groups (broad SMARTS) is 1. The Hall–Kier alpha value is -1.99. The first-order valence-electron chi connectivity index (χ1n) is 5.68. The molecule has 0 radical (unpaired) electrons. The van der Waals surface area contributed by atoms with Gasteiger partial charge >= 0.3 is 5.97 Å². The molecule has 104 valence electrons. The number of hydrogen-bond donors (Lipinski definition) is 2. The molecule has 7 nitrogen and oxygen atoms in total. The number of ether oxygens (including phenoxy) is 1. The van der Waals surface area contributed by atoms with Gasteiger partial charge in [0.15, 0.2) is 0 Å². The zero-order valence-electron chi connectivity index (χ0n) is 10.6. The smallest absolute Gasteiger partial charge is 0.354 e. The number of methoxy groups -OCH3 is 1. The maximum Gasteiger partial charge on any atom is 0.354 e. The van der Waals surface area contributed by atoms with Crippen molar-refractivity contribution in [2.24, 2.45) is 0 Å². The number of nitrogens with zero attached hydrogens (tertiary/aromatic N) is 2. The summed E-state index contributed by atoms with van der Waals surface area (Å²) in [6.45, 7) is 0.641. The third kappa shape index (κ3) is 4.31. The van der Waals surface area contributed by atoms with Gasteiger partial charge in [-0.3, -0.25) is 4.79 Å². The van der Waals surface area contributed by atoms with E-state index >= 15 is 0 Å². The van der Waals surface area contributed by atoms with Crippen LogP contribution in [0.25, 0.3) is 0 Å². The molecule has 0 saturated heterocycles. The minimum atomic E-state index is -1.19. The van der Waals surface area contributed by atoms with E-state index in [2.05, 4.69) is 4.98 Å². The molecule has 0 atom stereocenters. The Bertz CT molecular complexity index is 450. The van der Waals surface area contributed by atoms with Crippen LogP contribution in [0.3, 0.4) is 0 Å². The van der Waals surface area contributed by atoms with Gasteiger partial charge in [-0.2, -0.15) is 0 Å². The molecule has 1 aromatic rings. The molecule has 0 aromatic carbocycles. The fourth-order valence-electron chi connectivity index (χ4n) is 1.50. The van der Waals surface area contributed by atoms with E-state index < -0.39 is 5.97 Å². The van der Waals surface area contributed by atoms with Gasteiger partial charge in [0, 0.05) is 32.0 Å². The van der Waals surface area contributed by atoms with Crippen molar-refractivity contribution in [3.63, 3.8) is 0 Å². The van der Waals surface area contributed by atoms with Gasteiger partial charge in [0.1, 0.15) is 5.69 Å². The van der Waals surface area contributed by atoms with Crippen LogP contribution in [0.1, 0.15) is 20.8 Å². The van der Waals surface area contributed by atoms with Crippen LogP contribution in [0.2, 0.25) is 0 Å². The molecule has 7 heteroatoms. The van der Waals surface area contributed by atoms with E-state index in [1.807, 2.05) is 0 Å². The average molecular weight is 268 g/mol. The zero-order chi connectivity index (χ0) is 14.3. The lowest BCUT2D eigenvalue weighted by Crippen LogP contribution is -2.36. The molecular formula is C12H16N2O5. The number of aromatic carboxylic acids is 1. The molecule has 0 spiro atoms. The molecule has 0 bridgehead atoms. The average Bonchev–Trinajstić information content (AvgIpc) is 2.42. The van der Waals surface area contributed by atoms with Crippen LogP contribution in [0.5, 0.6) is 0 Å². The van der Waals surface area contributed by atoms with E-state index in [1.165, 1.54) is 30.3 Å². The van der Waals surface area contributed by atoms with Crippen LogP contribution >= 0.6 is 0 Å². The van der Waals surface area contributed by atoms with Crippen molar-refractivity contribution in [1.82, 2.24) is 9.88 Å². The summed E-state index contributed by atoms with van der Waals surface area (Å²) in [5.41, 5.74) is 0.0264. The lowest BCUT2D eigenvalue weighted by atomic mass is 10.2. The number of hydrogen-bond acceptors (Lipinski definition) is 5. The number of amides is 1. The van der Waals surface area contributed by atoms with Gasteiger partial charge in [0.2, 0.25) is 0 Å². The van der Waals surface area contributed by atoms with Gasteiger partial charge in [-0.05, 0) is 12.1 Å². The predicted octanol–water partition coefficient (Wildman–Crippen LogP) is -0.139. The lowest BCUT2D eigenvalue weighted by molar-refractivity contribution is 0.0656. The van der Waals surface area contributed by atoms with Crippen LogP contribution in [0, 0.1) is 0 Å². The normalized spacial score (nSPS) is 10.2. The summed E-state index contributed by atoms with van der Waals surface area (Å²) in [6.07, 6.45) is 1.27. The fourth-order valence-corrected chi connectivity index (χ4v) is 1.50. The molecule has 0 aliphatic heterocycles. The highest BCUT2D eigenvalue weighted by atomic mass is 16.5. The SMILES string of the molecule is COCCN(CCO)C(=O)c1ccnc(C(=O)O)c1. The summed E-state index contributed by atoms with van der Waals surface area (Å²) in [6, 6.07) is 2.65. The van der Waals surface area contributed by atoms with Gasteiger partial charge in [0.25, 0.3) is 5.91 Å². The number of aliphatic hydroxyl groups excluding tert-OH is 1. The molecule has 0 saturated carbocycles. The summed E-state index contributed by atoms with van der Waals surface area (Å²) >= 11 is 0. The van der Waals surface area contributed by atoms with E-state index in [4.69, 9.17) is 14.9 Å². The van der Waals surface area contributed by atoms with Crippen molar-refractivity contribution in [2.45, 2.75) is 0 Å². The maximum absolute atomic E-state index is 12.2. The van der Waals surface area contributed by atoms with Crippen LogP contribution in [-0.4, -0.2) is 65.4 Å². The zero-order valence-corrected chi connectivity index (χ0v) is 10.6. The summed E-state index contributed by atoms with van der Waals surface area (Å²) in [4.78, 5) is 28.0. The van der Waals surface area contributed by atoms with E-state index in [1.54, 1.807) is 0 Å². The molecule has 1 amide bonds. The Morgan fingerprint density at radius 1 is 1.42 bits per heavy atom. The molecule has 0 aliphatic carbocycles. The van der Waals surface area contributed by atoms with Gasteiger partial charge in [-0.25, -0.2) is 9.78 Å². The van der Waals surface area contributed by atoms with Crippen LogP contribution < -0.4 is 0 Å². The van der Waals surface area contributed by atoms with Crippen LogP contribution in [0.4, 0.5) is 0 Å². The number of aliphatic hydroxyl groups is 1. The fraction of sp³-hybridized carbons (Fsp3) is 0.417. The molecule has 19 heavy (non-hydrogen) atoms. The summed E-state index contributed by atoms with van der Waals surface area (Å²) < 4.78 is 4.88. The number of rotatable bonds is 7. The second kappa shape index (κ2) is 7.45. The van der Waals surface area contributed by atoms with Gasteiger partial charge in [-0.15, -0.1) is 0 Å². The van der Waals surface area contributed by atoms with E-state index in [0.717, 1.165) is 0 Å². The Balaban J connectivity index is 2.88. The van der Waals surface area contributed by atoms with E-state index in [-0.39, 0.29) is 30.3 Å². The van der Waals surface area contributed by atoms with Crippen LogP contribution in [-0.2, 0) is 4.74 Å². The van der Waals surface area contributed by atoms with E-state index in [0.29, 0.717) is 13.2 Å². The Morgan fingerprint density at radius 2 is 2.16 bits per heavy atom. The highest BCUT2D eigenvalue weighted by molar-refractivity contribution is 5.96. The minimum Gasteiger partial charge on any atom is -0.477 e. The Kier molecular flexibility index (Phi) is 5.91. The number of pyridine rings is 1. The quantitative estimate of drug-likeness (QED) is 0.714. The Labute approximate surface area is 110 Å². The van der Waals surface area contributed by atoms with Crippen molar-refractivity contribution in [2.75, 3.05) is 33.4 Å². The minimum absolute atomic E-state index is 0.160. The monoisotopic (exact) mass is 268 g/mol. The summed E-state index contributed by atoms with van der Waals surface area (Å²) in [5, 5.41) is 17.8. The largest absolute Gasteiger partial charge is 0.477 e. The van der Waals surface area contributed by atoms with Gasteiger partial charge in [0.05, 0.1) is 13.2 Å². The van der Waals surface area contributed by atoms with Crippen molar-refractivity contribution in [1.29, 1.82) is 0 Å². The first-order valence-corrected chi connectivity index (χ1v) is 5.68. The molecule has 0 unspecified atom stereocenters. The summed E-state index contributed by atoms with van der Waals surface area (Å²) in [7, 11) is 1.51. The van der Waals surface area contributed by atoms with Crippen molar-refractivity contribution < 1.29 is 24.5 Å². The number of carbonyl (C=O) groups is 2. The number of aromatic nitrogens is 1. The predicted molar refractivity (Wildman–Crippen MR) is 66.1 cm³/mol. The molecule has 1 rings (SSSR count). The molecule has 1 heterocycles. The van der Waals surface area contributed by atoms with E-state index in [9.17, 15) is 9.59 Å². The van der Waals surface area contributed by atoms with Crippen molar-refractivity contribution in [3.05, 3.63) is 29.6 Å². The second-order valence-electron chi connectivity index (χ2n) is 3.74. The van der Waals surface area contributed by atoms with Crippen molar-refractivity contribution >= 4 is 11.9 Å². The lowest BCUT2D eigenvalue weighted by Gasteiger charge is -2.21. The molecule has 0 aliphatic rings. The standard InChI is InChI=1S/C12H16N2O5/c1-19-7-5-14(4-6-15)11(16)9-2-3-13-10(8-9)12(17)18/h2-3,8,15H,4-7H2,1H3,(H,17,18). The van der Waals surface area contributed by atoms with Gasteiger partial charge < -0.3 is 19.8 Å². The molecular weight excluding hydrogens is 252 g/mol. The highest BCUT2D eigenvalue weighted by Crippen LogP contribution is 2.06. The van der Waals surface area contributed by atoms with Crippen molar-refractivity contribution in [3.8, 4) is 0 Å². The molecule has 1 aromatic heterocycles. The second-order valence-corrected chi connectivity index (χ2v) is 3.74. The number of carbonyl (C=O) groups excluding carboxylic acids is 1. The highest BCUT2D eigenvalue weighted by Gasteiger charge is 2.17. The Morgan fingerprint density at radius 3 is 2.74 bits per heavy atom. The van der Waals surface area contributed by atoms with Gasteiger partial charge in [-0.1, -0.05) is 0 Å². The topological polar surface area (TPSA) is 100.0 Å². The van der Waals surface area contributed by atoms with Crippen LogP contribution in [0.15, 0.2) is 18.3 Å². The maximum atomic E-state index is 12.2. The molecule has 2 N–H and O–H groups in total. The first kappa shape index (κ1) is 15.1. The number of carboxylic acids is 1. The third-order valence-corrected chi connectivity index (χ3v) is 2.45. The summed E-state index contributed by atoms with van der Waals surface area (Å²) in [5.74, 6) is -1.56.